The third-order valence-electron chi connectivity index (χ3n) is 3.75. The zero-order valence-electron chi connectivity index (χ0n) is 14.0. The van der Waals surface area contributed by atoms with Crippen LogP contribution in [0, 0.1) is 21.4 Å². The van der Waals surface area contributed by atoms with E-state index in [4.69, 9.17) is 16.2 Å². The Labute approximate surface area is 154 Å². The van der Waals surface area contributed by atoms with Crippen LogP contribution in [0.2, 0.25) is 0 Å². The summed E-state index contributed by atoms with van der Waals surface area (Å²) in [5.41, 5.74) is 13.3. The Morgan fingerprint density at radius 3 is 2.33 bits per heavy atom. The van der Waals surface area contributed by atoms with Gasteiger partial charge < -0.3 is 16.2 Å². The summed E-state index contributed by atoms with van der Waals surface area (Å²) in [6, 6.07) is 15.0. The molecule has 0 saturated carbocycles. The molecular formula is C18H14N6O3. The van der Waals surface area contributed by atoms with Crippen LogP contribution in [0.5, 0.6) is 5.75 Å². The SMILES string of the molecule is N#Cc1c(N)nc(N)nc1-c1ccc(OCc2ccc([N+](=O)[O-])cc2)cc1. The molecule has 0 fully saturated rings. The second kappa shape index (κ2) is 7.37. The van der Waals surface area contributed by atoms with Gasteiger partial charge in [0, 0.05) is 17.7 Å². The molecule has 0 radical (unpaired) electrons. The van der Waals surface area contributed by atoms with Crippen molar-refractivity contribution in [2.75, 3.05) is 11.5 Å². The van der Waals surface area contributed by atoms with Crippen molar-refractivity contribution in [3.05, 3.63) is 69.8 Å². The molecule has 0 amide bonds. The molecule has 9 nitrogen and oxygen atoms in total. The first-order valence-electron chi connectivity index (χ1n) is 7.77. The molecule has 2 aromatic carbocycles. The standard InChI is InChI=1S/C18H14N6O3/c19-9-15-16(22-18(21)23-17(15)20)12-3-7-14(8-4-12)27-10-11-1-5-13(6-2-11)24(25)26/h1-8H,10H2,(H4,20,21,22,23). The normalized spacial score (nSPS) is 10.2. The van der Waals surface area contributed by atoms with Crippen molar-refractivity contribution in [3.63, 3.8) is 0 Å². The fourth-order valence-corrected chi connectivity index (χ4v) is 2.40. The molecule has 3 rings (SSSR count). The summed E-state index contributed by atoms with van der Waals surface area (Å²) in [4.78, 5) is 18.1. The number of hydrogen-bond acceptors (Lipinski definition) is 8. The maximum atomic E-state index is 10.7. The number of nitrogens with two attached hydrogens (primary N) is 2. The lowest BCUT2D eigenvalue weighted by molar-refractivity contribution is -0.384. The average molecular weight is 362 g/mol. The van der Waals surface area contributed by atoms with Crippen molar-refractivity contribution in [1.82, 2.24) is 9.97 Å². The molecule has 134 valence electrons. The minimum atomic E-state index is -0.453. The fourth-order valence-electron chi connectivity index (χ4n) is 2.40. The van der Waals surface area contributed by atoms with Gasteiger partial charge in [-0.3, -0.25) is 10.1 Å². The van der Waals surface area contributed by atoms with Gasteiger partial charge in [0.25, 0.3) is 5.69 Å². The Balaban J connectivity index is 1.75. The van der Waals surface area contributed by atoms with E-state index in [1.165, 1.54) is 12.1 Å². The summed E-state index contributed by atoms with van der Waals surface area (Å²) >= 11 is 0. The van der Waals surface area contributed by atoms with Gasteiger partial charge in [-0.1, -0.05) is 0 Å². The van der Waals surface area contributed by atoms with Crippen LogP contribution in [0.4, 0.5) is 17.5 Å². The van der Waals surface area contributed by atoms with Crippen molar-refractivity contribution < 1.29 is 9.66 Å². The van der Waals surface area contributed by atoms with Crippen LogP contribution in [0.3, 0.4) is 0 Å². The number of nitrogen functional groups attached to an aromatic ring is 2. The lowest BCUT2D eigenvalue weighted by Gasteiger charge is -2.09. The largest absolute Gasteiger partial charge is 0.489 e. The lowest BCUT2D eigenvalue weighted by Crippen LogP contribution is -2.05. The van der Waals surface area contributed by atoms with Crippen LogP contribution < -0.4 is 16.2 Å². The van der Waals surface area contributed by atoms with Gasteiger partial charge in [-0.2, -0.15) is 10.2 Å². The summed E-state index contributed by atoms with van der Waals surface area (Å²) in [6.45, 7) is 0.258. The Morgan fingerprint density at radius 2 is 1.74 bits per heavy atom. The Hall–Kier alpha value is -4.19. The monoisotopic (exact) mass is 362 g/mol. The second-order valence-corrected chi connectivity index (χ2v) is 5.54. The van der Waals surface area contributed by atoms with E-state index in [2.05, 4.69) is 9.97 Å². The van der Waals surface area contributed by atoms with Crippen LogP contribution in [0.15, 0.2) is 48.5 Å². The molecule has 9 heteroatoms. The molecule has 0 saturated heterocycles. The van der Waals surface area contributed by atoms with E-state index in [0.29, 0.717) is 17.0 Å². The molecule has 0 spiro atoms. The predicted molar refractivity (Wildman–Crippen MR) is 98.4 cm³/mol. The van der Waals surface area contributed by atoms with Gasteiger partial charge in [0.05, 0.1) is 10.6 Å². The number of hydrogen-bond donors (Lipinski definition) is 2. The smallest absolute Gasteiger partial charge is 0.269 e. The molecule has 0 aliphatic heterocycles. The zero-order chi connectivity index (χ0) is 19.4. The minimum Gasteiger partial charge on any atom is -0.489 e. The number of benzene rings is 2. The molecule has 0 aliphatic rings. The number of aromatic nitrogens is 2. The molecule has 0 aliphatic carbocycles. The maximum absolute atomic E-state index is 10.7. The third-order valence-corrected chi connectivity index (χ3v) is 3.75. The number of ether oxygens (including phenoxy) is 1. The number of nitro benzene ring substituents is 1. The molecule has 1 heterocycles. The predicted octanol–water partition coefficient (Wildman–Crippen LogP) is 2.67. The van der Waals surface area contributed by atoms with Crippen molar-refractivity contribution in [3.8, 4) is 23.1 Å². The molecule has 0 unspecified atom stereocenters. The van der Waals surface area contributed by atoms with E-state index in [1.54, 1.807) is 36.4 Å². The highest BCUT2D eigenvalue weighted by Gasteiger charge is 2.13. The lowest BCUT2D eigenvalue weighted by atomic mass is 10.1. The van der Waals surface area contributed by atoms with E-state index in [1.807, 2.05) is 6.07 Å². The molecular weight excluding hydrogens is 348 g/mol. The van der Waals surface area contributed by atoms with Gasteiger partial charge in [0.1, 0.15) is 29.8 Å². The van der Waals surface area contributed by atoms with Crippen molar-refractivity contribution in [2.45, 2.75) is 6.61 Å². The summed E-state index contributed by atoms with van der Waals surface area (Å²) in [5.74, 6) is 0.601. The highest BCUT2D eigenvalue weighted by Crippen LogP contribution is 2.27. The first-order valence-corrected chi connectivity index (χ1v) is 7.77. The quantitative estimate of drug-likeness (QED) is 0.518. The van der Waals surface area contributed by atoms with Gasteiger partial charge in [0.2, 0.25) is 5.95 Å². The van der Waals surface area contributed by atoms with Gasteiger partial charge in [-0.05, 0) is 42.0 Å². The van der Waals surface area contributed by atoms with Crippen LogP contribution in [0.25, 0.3) is 11.3 Å². The molecule has 1 aromatic heterocycles. The first kappa shape index (κ1) is 17.6. The molecule has 0 bridgehead atoms. The number of rotatable bonds is 5. The van der Waals surface area contributed by atoms with E-state index >= 15 is 0 Å². The number of anilines is 2. The van der Waals surface area contributed by atoms with E-state index in [-0.39, 0.29) is 29.6 Å². The number of nitrogens with zero attached hydrogens (tertiary/aromatic N) is 4. The number of nitriles is 1. The Morgan fingerprint density at radius 1 is 1.07 bits per heavy atom. The van der Waals surface area contributed by atoms with E-state index in [9.17, 15) is 15.4 Å². The first-order chi connectivity index (χ1) is 13.0. The molecule has 27 heavy (non-hydrogen) atoms. The number of non-ortho nitro benzene ring substituents is 1. The molecule has 0 atom stereocenters. The summed E-state index contributed by atoms with van der Waals surface area (Å²) in [7, 11) is 0. The van der Waals surface area contributed by atoms with Gasteiger partial charge in [-0.25, -0.2) is 4.98 Å². The molecule has 3 aromatic rings. The summed E-state index contributed by atoms with van der Waals surface area (Å²) in [6.07, 6.45) is 0. The summed E-state index contributed by atoms with van der Waals surface area (Å²) < 4.78 is 5.67. The average Bonchev–Trinajstić information content (AvgIpc) is 2.66. The van der Waals surface area contributed by atoms with E-state index < -0.39 is 4.92 Å². The van der Waals surface area contributed by atoms with Crippen molar-refractivity contribution in [1.29, 1.82) is 5.26 Å². The van der Waals surface area contributed by atoms with Crippen LogP contribution in [-0.2, 0) is 6.61 Å². The topological polar surface area (TPSA) is 154 Å². The third kappa shape index (κ3) is 3.91. The fraction of sp³-hybridized carbons (Fsp3) is 0.0556. The van der Waals surface area contributed by atoms with Gasteiger partial charge >= 0.3 is 0 Å². The van der Waals surface area contributed by atoms with Crippen LogP contribution in [-0.4, -0.2) is 14.9 Å². The zero-order valence-corrected chi connectivity index (χ0v) is 14.0. The Kier molecular flexibility index (Phi) is 4.81. The van der Waals surface area contributed by atoms with Crippen LogP contribution in [0.1, 0.15) is 11.1 Å². The maximum Gasteiger partial charge on any atom is 0.269 e. The summed E-state index contributed by atoms with van der Waals surface area (Å²) in [5, 5.41) is 19.9. The highest BCUT2D eigenvalue weighted by atomic mass is 16.6. The van der Waals surface area contributed by atoms with E-state index in [0.717, 1.165) is 5.56 Å². The molecule has 4 N–H and O–H groups in total. The van der Waals surface area contributed by atoms with Crippen molar-refractivity contribution >= 4 is 17.5 Å². The highest BCUT2D eigenvalue weighted by molar-refractivity contribution is 5.73. The minimum absolute atomic E-state index is 0.0139. The Bertz CT molecular complexity index is 1030. The van der Waals surface area contributed by atoms with Crippen molar-refractivity contribution in [2.24, 2.45) is 0 Å². The number of nitro groups is 1. The van der Waals surface area contributed by atoms with Gasteiger partial charge in [0.15, 0.2) is 0 Å². The van der Waals surface area contributed by atoms with Crippen LogP contribution >= 0.6 is 0 Å². The second-order valence-electron chi connectivity index (χ2n) is 5.54. The van der Waals surface area contributed by atoms with Gasteiger partial charge in [-0.15, -0.1) is 0 Å².